The molecule has 1 aliphatic rings. The zero-order valence-corrected chi connectivity index (χ0v) is 11.9. The number of halogens is 1. The molecule has 2 amide bonds. The van der Waals surface area contributed by atoms with Gasteiger partial charge < -0.3 is 10.0 Å². The van der Waals surface area contributed by atoms with Crippen molar-refractivity contribution in [3.05, 3.63) is 4.91 Å². The molecule has 0 heterocycles. The molecule has 1 aliphatic carbocycles. The number of aliphatic hydroxyl groups excluding tert-OH is 1. The van der Waals surface area contributed by atoms with Crippen LogP contribution in [0.1, 0.15) is 38.5 Å². The smallest absolute Gasteiger partial charge is 0.343 e. The van der Waals surface area contributed by atoms with Crippen LogP contribution in [0.2, 0.25) is 0 Å². The fourth-order valence-corrected chi connectivity index (χ4v) is 2.63. The summed E-state index contributed by atoms with van der Waals surface area (Å²) in [6.45, 7) is 0.598. The van der Waals surface area contributed by atoms with Gasteiger partial charge >= 0.3 is 6.03 Å². The zero-order valence-electron chi connectivity index (χ0n) is 11.1. The molecule has 0 radical (unpaired) electrons. The summed E-state index contributed by atoms with van der Waals surface area (Å²) in [5.74, 6) is 0.177. The molecule has 1 fully saturated rings. The molecule has 110 valence electrons. The highest BCUT2D eigenvalue weighted by atomic mass is 35.5. The van der Waals surface area contributed by atoms with Crippen LogP contribution >= 0.6 is 11.6 Å². The molecule has 1 saturated carbocycles. The Bertz CT molecular complexity index is 285. The molecule has 0 aromatic rings. The molecule has 19 heavy (non-hydrogen) atoms. The first-order valence-electron chi connectivity index (χ1n) is 6.82. The van der Waals surface area contributed by atoms with E-state index in [2.05, 4.69) is 5.29 Å². The predicted octanol–water partition coefficient (Wildman–Crippen LogP) is 2.35. The zero-order chi connectivity index (χ0) is 14.1. The Balaban J connectivity index is 2.69. The number of rotatable bonds is 7. The Kier molecular flexibility index (Phi) is 7.74. The van der Waals surface area contributed by atoms with E-state index in [9.17, 15) is 9.70 Å². The van der Waals surface area contributed by atoms with Gasteiger partial charge in [0.15, 0.2) is 0 Å². The van der Waals surface area contributed by atoms with Crippen LogP contribution in [0.5, 0.6) is 0 Å². The van der Waals surface area contributed by atoms with E-state index >= 15 is 0 Å². The van der Waals surface area contributed by atoms with E-state index in [1.54, 1.807) is 4.90 Å². The van der Waals surface area contributed by atoms with E-state index < -0.39 is 6.03 Å². The van der Waals surface area contributed by atoms with Gasteiger partial charge in [0, 0.05) is 25.1 Å². The van der Waals surface area contributed by atoms with Gasteiger partial charge in [0.05, 0.1) is 11.8 Å². The lowest BCUT2D eigenvalue weighted by Crippen LogP contribution is -2.48. The number of nitroso groups, excluding NO2 is 1. The molecule has 0 aromatic carbocycles. The van der Waals surface area contributed by atoms with Gasteiger partial charge in [-0.05, 0) is 19.3 Å². The quantitative estimate of drug-likeness (QED) is 0.444. The Labute approximate surface area is 118 Å². The van der Waals surface area contributed by atoms with E-state index in [0.717, 1.165) is 30.7 Å². The van der Waals surface area contributed by atoms with E-state index in [-0.39, 0.29) is 25.1 Å². The number of hydrogen-bond donors (Lipinski definition) is 1. The number of carbonyl (C=O) groups excluding carboxylic acids is 1. The van der Waals surface area contributed by atoms with Crippen molar-refractivity contribution >= 4 is 17.6 Å². The number of hydrogen-bond acceptors (Lipinski definition) is 4. The Hall–Kier alpha value is -0.880. The summed E-state index contributed by atoms with van der Waals surface area (Å²) in [7, 11) is 0. The molecule has 6 nitrogen and oxygen atoms in total. The molecule has 1 rings (SSSR count). The highest BCUT2D eigenvalue weighted by molar-refractivity contribution is 6.18. The van der Waals surface area contributed by atoms with Crippen LogP contribution in [-0.2, 0) is 0 Å². The first-order valence-corrected chi connectivity index (χ1v) is 7.36. The van der Waals surface area contributed by atoms with Gasteiger partial charge in [-0.15, -0.1) is 16.5 Å². The largest absolute Gasteiger partial charge is 0.396 e. The first-order chi connectivity index (χ1) is 9.24. The summed E-state index contributed by atoms with van der Waals surface area (Å²) >= 11 is 5.56. The lowest BCUT2D eigenvalue weighted by Gasteiger charge is -2.35. The minimum Gasteiger partial charge on any atom is -0.396 e. The average molecular weight is 292 g/mol. The summed E-state index contributed by atoms with van der Waals surface area (Å²) < 4.78 is 0. The number of carbonyl (C=O) groups is 1. The monoisotopic (exact) mass is 291 g/mol. The van der Waals surface area contributed by atoms with Crippen molar-refractivity contribution in [1.82, 2.24) is 9.91 Å². The average Bonchev–Trinajstić information content (AvgIpc) is 2.46. The molecule has 0 aliphatic heterocycles. The van der Waals surface area contributed by atoms with Gasteiger partial charge in [-0.25, -0.2) is 4.79 Å². The fourth-order valence-electron chi connectivity index (χ4n) is 2.47. The molecule has 0 unspecified atom stereocenters. The van der Waals surface area contributed by atoms with Gasteiger partial charge in [-0.3, -0.25) is 0 Å². The summed E-state index contributed by atoms with van der Waals surface area (Å²) in [5, 5.41) is 12.6. The topological polar surface area (TPSA) is 73.2 Å². The maximum atomic E-state index is 12.3. The van der Waals surface area contributed by atoms with Crippen molar-refractivity contribution in [3.63, 3.8) is 0 Å². The second-order valence-electron chi connectivity index (χ2n) is 4.74. The minimum atomic E-state index is -0.393. The lowest BCUT2D eigenvalue weighted by molar-refractivity contribution is 0.116. The summed E-state index contributed by atoms with van der Waals surface area (Å²) in [6.07, 6.45) is 5.79. The van der Waals surface area contributed by atoms with E-state index in [1.165, 1.54) is 6.42 Å². The van der Waals surface area contributed by atoms with Crippen LogP contribution in [0.3, 0.4) is 0 Å². The summed E-state index contributed by atoms with van der Waals surface area (Å²) in [5.41, 5.74) is 0. The molecular weight excluding hydrogens is 270 g/mol. The van der Waals surface area contributed by atoms with E-state index in [1.807, 2.05) is 0 Å². The molecule has 7 heteroatoms. The second kappa shape index (κ2) is 9.09. The first kappa shape index (κ1) is 16.2. The standard InChI is InChI=1S/C12H22ClN3O3/c13-7-9-16(14-19)12(18)15(8-4-10-17)11-5-2-1-3-6-11/h11,17H,1-10H2. The lowest BCUT2D eigenvalue weighted by atomic mass is 9.94. The van der Waals surface area contributed by atoms with Crippen LogP contribution in [0, 0.1) is 4.91 Å². The molecule has 0 spiro atoms. The normalized spacial score (nSPS) is 16.1. The minimum absolute atomic E-state index is 0.0283. The van der Waals surface area contributed by atoms with E-state index in [4.69, 9.17) is 16.7 Å². The maximum Gasteiger partial charge on any atom is 0.343 e. The van der Waals surface area contributed by atoms with Crippen molar-refractivity contribution in [2.75, 3.05) is 25.6 Å². The number of aliphatic hydroxyl groups is 1. The highest BCUT2D eigenvalue weighted by Crippen LogP contribution is 2.23. The molecule has 0 bridgehead atoms. The predicted molar refractivity (Wildman–Crippen MR) is 73.9 cm³/mol. The molecular formula is C12H22ClN3O3. The third-order valence-corrected chi connectivity index (χ3v) is 3.60. The molecule has 0 aromatic heterocycles. The van der Waals surface area contributed by atoms with Crippen molar-refractivity contribution < 1.29 is 9.90 Å². The second-order valence-corrected chi connectivity index (χ2v) is 5.12. The Morgan fingerprint density at radius 3 is 2.47 bits per heavy atom. The van der Waals surface area contributed by atoms with Crippen molar-refractivity contribution in [3.8, 4) is 0 Å². The number of amides is 2. The molecule has 0 atom stereocenters. The van der Waals surface area contributed by atoms with E-state index in [0.29, 0.717) is 13.0 Å². The van der Waals surface area contributed by atoms with Crippen molar-refractivity contribution in [1.29, 1.82) is 0 Å². The summed E-state index contributed by atoms with van der Waals surface area (Å²) in [6, 6.07) is -0.247. The van der Waals surface area contributed by atoms with Crippen LogP contribution in [0.25, 0.3) is 0 Å². The van der Waals surface area contributed by atoms with Crippen LogP contribution < -0.4 is 0 Å². The van der Waals surface area contributed by atoms with Gasteiger partial charge in [0.25, 0.3) is 0 Å². The molecule has 0 saturated heterocycles. The maximum absolute atomic E-state index is 12.3. The highest BCUT2D eigenvalue weighted by Gasteiger charge is 2.28. The number of urea groups is 1. The Morgan fingerprint density at radius 2 is 1.95 bits per heavy atom. The van der Waals surface area contributed by atoms with Crippen LogP contribution in [0.4, 0.5) is 4.79 Å². The molecule has 1 N–H and O–H groups in total. The number of nitrogens with zero attached hydrogens (tertiary/aromatic N) is 3. The third-order valence-electron chi connectivity index (χ3n) is 3.43. The van der Waals surface area contributed by atoms with Crippen LogP contribution in [0.15, 0.2) is 5.29 Å². The van der Waals surface area contributed by atoms with Crippen molar-refractivity contribution in [2.45, 2.75) is 44.6 Å². The summed E-state index contributed by atoms with van der Waals surface area (Å²) in [4.78, 5) is 24.7. The van der Waals surface area contributed by atoms with Crippen LogP contribution in [-0.4, -0.2) is 52.7 Å². The van der Waals surface area contributed by atoms with Gasteiger partial charge in [-0.2, -0.15) is 5.01 Å². The van der Waals surface area contributed by atoms with Gasteiger partial charge in [-0.1, -0.05) is 19.3 Å². The van der Waals surface area contributed by atoms with Gasteiger partial charge in [0.1, 0.15) is 0 Å². The fraction of sp³-hybridized carbons (Fsp3) is 0.917. The third kappa shape index (κ3) is 4.95. The number of alkyl halides is 1. The van der Waals surface area contributed by atoms with Crippen molar-refractivity contribution in [2.24, 2.45) is 5.29 Å². The Morgan fingerprint density at radius 1 is 1.26 bits per heavy atom. The SMILES string of the molecule is O=NN(CCCl)C(=O)N(CCCO)C1CCCCC1. The van der Waals surface area contributed by atoms with Gasteiger partial charge in [0.2, 0.25) is 0 Å².